The Morgan fingerprint density at radius 2 is 1.62 bits per heavy atom. The lowest BCUT2D eigenvalue weighted by Crippen LogP contribution is -2.02. The normalized spacial score (nSPS) is 12.1. The summed E-state index contributed by atoms with van der Waals surface area (Å²) in [4.78, 5) is 4.23. The van der Waals surface area contributed by atoms with Crippen molar-refractivity contribution in [3.05, 3.63) is 35.9 Å². The van der Waals surface area contributed by atoms with Gasteiger partial charge in [-0.15, -0.1) is 0 Å². The van der Waals surface area contributed by atoms with Gasteiger partial charge in [-0.2, -0.15) is 0 Å². The zero-order valence-corrected chi connectivity index (χ0v) is 13.9. The SMILES string of the molecule is CCCCOP(=O)(CN=Cc1ccccc1)OCCCC. The quantitative estimate of drug-likeness (QED) is 0.332. The molecule has 0 spiro atoms. The minimum Gasteiger partial charge on any atom is -0.307 e. The second kappa shape index (κ2) is 10.7. The maximum atomic E-state index is 12.6. The van der Waals surface area contributed by atoms with Crippen LogP contribution in [0.3, 0.4) is 0 Å². The first-order valence-corrected chi connectivity index (χ1v) is 9.36. The van der Waals surface area contributed by atoms with Crippen LogP contribution in [0.25, 0.3) is 0 Å². The predicted molar refractivity (Wildman–Crippen MR) is 88.2 cm³/mol. The van der Waals surface area contributed by atoms with Crippen LogP contribution in [0.2, 0.25) is 0 Å². The van der Waals surface area contributed by atoms with E-state index in [-0.39, 0.29) is 6.29 Å². The van der Waals surface area contributed by atoms with Gasteiger partial charge in [0, 0.05) is 6.21 Å². The Morgan fingerprint density at radius 3 is 2.14 bits per heavy atom. The molecule has 0 saturated heterocycles. The van der Waals surface area contributed by atoms with Gasteiger partial charge in [0.2, 0.25) is 0 Å². The molecule has 0 fully saturated rings. The molecule has 118 valence electrons. The van der Waals surface area contributed by atoms with Gasteiger partial charge in [0.25, 0.3) is 0 Å². The zero-order chi connectivity index (χ0) is 15.4. The Labute approximate surface area is 128 Å². The fourth-order valence-electron chi connectivity index (χ4n) is 1.60. The van der Waals surface area contributed by atoms with Gasteiger partial charge in [-0.25, -0.2) is 0 Å². The van der Waals surface area contributed by atoms with Crippen molar-refractivity contribution >= 4 is 13.8 Å². The highest BCUT2D eigenvalue weighted by Crippen LogP contribution is 2.48. The molecule has 0 bridgehead atoms. The van der Waals surface area contributed by atoms with Crippen molar-refractivity contribution in [2.75, 3.05) is 19.5 Å². The number of nitrogens with zero attached hydrogens (tertiary/aromatic N) is 1. The Balaban J connectivity index is 2.54. The van der Waals surface area contributed by atoms with Crippen LogP contribution in [0.15, 0.2) is 35.3 Å². The molecule has 1 rings (SSSR count). The summed E-state index contributed by atoms with van der Waals surface area (Å²) in [7, 11) is -3.11. The molecule has 4 nitrogen and oxygen atoms in total. The molecule has 1 aromatic carbocycles. The zero-order valence-electron chi connectivity index (χ0n) is 13.0. The number of benzene rings is 1. The standard InChI is InChI=1S/C16H26NO3P/c1-3-5-12-19-21(18,20-13-6-4-2)15-17-14-16-10-8-7-9-11-16/h7-11,14H,3-6,12-13,15H2,1-2H3. The average Bonchev–Trinajstić information content (AvgIpc) is 2.49. The summed E-state index contributed by atoms with van der Waals surface area (Å²) in [5.41, 5.74) is 0.978. The van der Waals surface area contributed by atoms with Crippen molar-refractivity contribution in [1.82, 2.24) is 0 Å². The first-order chi connectivity index (χ1) is 10.2. The molecule has 0 aromatic heterocycles. The van der Waals surface area contributed by atoms with Crippen LogP contribution in [-0.2, 0) is 13.6 Å². The van der Waals surface area contributed by atoms with Crippen LogP contribution in [0.1, 0.15) is 45.1 Å². The minimum absolute atomic E-state index is 0.0787. The third-order valence-electron chi connectivity index (χ3n) is 2.87. The van der Waals surface area contributed by atoms with Crippen molar-refractivity contribution < 1.29 is 13.6 Å². The largest absolute Gasteiger partial charge is 0.351 e. The first kappa shape index (κ1) is 18.1. The molecule has 1 aromatic rings. The molecule has 0 N–H and O–H groups in total. The van der Waals surface area contributed by atoms with Gasteiger partial charge in [0.05, 0.1) is 13.2 Å². The molecule has 0 aliphatic carbocycles. The summed E-state index contributed by atoms with van der Waals surface area (Å²) in [5.74, 6) is 0. The van der Waals surface area contributed by atoms with Crippen LogP contribution in [0.5, 0.6) is 0 Å². The molecule has 5 heteroatoms. The van der Waals surface area contributed by atoms with Gasteiger partial charge in [-0.1, -0.05) is 57.0 Å². The van der Waals surface area contributed by atoms with E-state index in [9.17, 15) is 4.57 Å². The van der Waals surface area contributed by atoms with Crippen molar-refractivity contribution in [1.29, 1.82) is 0 Å². The third kappa shape index (κ3) is 8.15. The first-order valence-electron chi connectivity index (χ1n) is 7.63. The van der Waals surface area contributed by atoms with E-state index in [1.807, 2.05) is 30.3 Å². The fourth-order valence-corrected chi connectivity index (χ4v) is 2.93. The van der Waals surface area contributed by atoms with Crippen molar-refractivity contribution in [2.24, 2.45) is 4.99 Å². The van der Waals surface area contributed by atoms with Crippen LogP contribution in [0.4, 0.5) is 0 Å². The number of hydrogen-bond acceptors (Lipinski definition) is 4. The molecular formula is C16H26NO3P. The van der Waals surface area contributed by atoms with E-state index in [1.165, 1.54) is 0 Å². The highest BCUT2D eigenvalue weighted by Gasteiger charge is 2.23. The molecule has 0 heterocycles. The van der Waals surface area contributed by atoms with E-state index in [0.29, 0.717) is 13.2 Å². The molecule has 0 aliphatic heterocycles. The van der Waals surface area contributed by atoms with E-state index in [2.05, 4.69) is 18.8 Å². The van der Waals surface area contributed by atoms with E-state index < -0.39 is 7.60 Å². The molecule has 21 heavy (non-hydrogen) atoms. The molecule has 0 saturated carbocycles. The van der Waals surface area contributed by atoms with E-state index in [0.717, 1.165) is 31.2 Å². The molecule has 0 aliphatic rings. The Morgan fingerprint density at radius 1 is 1.05 bits per heavy atom. The summed E-state index contributed by atoms with van der Waals surface area (Å²) in [6.07, 6.45) is 5.55. The van der Waals surface area contributed by atoms with E-state index in [4.69, 9.17) is 9.05 Å². The minimum atomic E-state index is -3.11. The average molecular weight is 311 g/mol. The Bertz CT molecular complexity index is 434. The molecular weight excluding hydrogens is 285 g/mol. The van der Waals surface area contributed by atoms with Gasteiger partial charge < -0.3 is 9.05 Å². The monoisotopic (exact) mass is 311 g/mol. The van der Waals surface area contributed by atoms with Crippen LogP contribution < -0.4 is 0 Å². The molecule has 0 atom stereocenters. The highest BCUT2D eigenvalue weighted by molar-refractivity contribution is 7.53. The summed E-state index contributed by atoms with van der Waals surface area (Å²) < 4.78 is 23.5. The topological polar surface area (TPSA) is 47.9 Å². The number of hydrogen-bond donors (Lipinski definition) is 0. The third-order valence-corrected chi connectivity index (χ3v) is 4.53. The van der Waals surface area contributed by atoms with E-state index in [1.54, 1.807) is 6.21 Å². The lowest BCUT2D eigenvalue weighted by atomic mass is 10.2. The summed E-state index contributed by atoms with van der Waals surface area (Å²) >= 11 is 0. The number of unbranched alkanes of at least 4 members (excludes halogenated alkanes) is 2. The van der Waals surface area contributed by atoms with Crippen molar-refractivity contribution in [3.8, 4) is 0 Å². The molecule has 0 radical (unpaired) electrons. The molecule has 0 amide bonds. The van der Waals surface area contributed by atoms with Crippen LogP contribution in [-0.4, -0.2) is 25.7 Å². The lowest BCUT2D eigenvalue weighted by Gasteiger charge is -2.16. The lowest BCUT2D eigenvalue weighted by molar-refractivity contribution is 0.200. The van der Waals surface area contributed by atoms with Gasteiger partial charge in [0.15, 0.2) is 0 Å². The molecule has 0 unspecified atom stereocenters. The van der Waals surface area contributed by atoms with Gasteiger partial charge in [-0.3, -0.25) is 9.56 Å². The van der Waals surface area contributed by atoms with Crippen molar-refractivity contribution in [2.45, 2.75) is 39.5 Å². The summed E-state index contributed by atoms with van der Waals surface area (Å²) in [5, 5.41) is 0. The van der Waals surface area contributed by atoms with Gasteiger partial charge in [-0.05, 0) is 18.4 Å². The van der Waals surface area contributed by atoms with Gasteiger partial charge >= 0.3 is 7.60 Å². The van der Waals surface area contributed by atoms with Crippen LogP contribution in [0, 0.1) is 0 Å². The maximum Gasteiger partial charge on any atom is 0.351 e. The van der Waals surface area contributed by atoms with Crippen molar-refractivity contribution in [3.63, 3.8) is 0 Å². The second-order valence-corrected chi connectivity index (χ2v) is 6.87. The number of rotatable bonds is 11. The second-order valence-electron chi connectivity index (χ2n) is 4.85. The highest BCUT2D eigenvalue weighted by atomic mass is 31.2. The van der Waals surface area contributed by atoms with E-state index >= 15 is 0 Å². The smallest absolute Gasteiger partial charge is 0.307 e. The Kier molecular flexibility index (Phi) is 9.24. The maximum absolute atomic E-state index is 12.6. The Hall–Kier alpha value is -0.960. The summed E-state index contributed by atoms with van der Waals surface area (Å²) in [6, 6.07) is 9.73. The number of aliphatic imine (C=N–C) groups is 1. The fraction of sp³-hybridized carbons (Fsp3) is 0.562. The predicted octanol–water partition coefficient (Wildman–Crippen LogP) is 4.89. The summed E-state index contributed by atoms with van der Waals surface area (Å²) in [6.45, 7) is 5.06. The van der Waals surface area contributed by atoms with Crippen LogP contribution >= 0.6 is 7.60 Å². The van der Waals surface area contributed by atoms with Gasteiger partial charge in [0.1, 0.15) is 6.29 Å².